The molecular formula is C24H30O8. The Balaban J connectivity index is 1.83. The Bertz CT molecular complexity index is 943. The molecule has 2 saturated carbocycles. The third-order valence-corrected chi connectivity index (χ3v) is 8.42. The fourth-order valence-electron chi connectivity index (χ4n) is 6.38. The van der Waals surface area contributed by atoms with Crippen molar-refractivity contribution in [3.05, 3.63) is 35.9 Å². The summed E-state index contributed by atoms with van der Waals surface area (Å²) in [5.74, 6) is -1.94. The zero-order valence-corrected chi connectivity index (χ0v) is 18.8. The lowest BCUT2D eigenvalue weighted by atomic mass is 9.45. The molecule has 174 valence electrons. The summed E-state index contributed by atoms with van der Waals surface area (Å²) in [6.07, 6.45) is -1.75. The molecule has 0 amide bonds. The second-order valence-electron chi connectivity index (χ2n) is 9.94. The topological polar surface area (TPSA) is 119 Å². The second-order valence-corrected chi connectivity index (χ2v) is 9.94. The molecule has 1 saturated heterocycles. The van der Waals surface area contributed by atoms with Crippen LogP contribution in [0, 0.1) is 16.7 Å². The number of hydrogen-bond donors (Lipinski definition) is 2. The Morgan fingerprint density at radius 2 is 1.75 bits per heavy atom. The molecule has 3 fully saturated rings. The van der Waals surface area contributed by atoms with E-state index in [0.29, 0.717) is 12.0 Å². The quantitative estimate of drug-likeness (QED) is 0.535. The van der Waals surface area contributed by atoms with Gasteiger partial charge in [0.05, 0.1) is 17.4 Å². The number of cyclic esters (lactones) is 1. The van der Waals surface area contributed by atoms with E-state index in [0.717, 1.165) is 0 Å². The minimum absolute atomic E-state index is 0.0265. The van der Waals surface area contributed by atoms with E-state index in [9.17, 15) is 24.6 Å². The van der Waals surface area contributed by atoms with E-state index in [1.165, 1.54) is 13.8 Å². The average molecular weight is 446 g/mol. The summed E-state index contributed by atoms with van der Waals surface area (Å²) in [7, 11) is 0. The predicted molar refractivity (Wildman–Crippen MR) is 111 cm³/mol. The lowest BCUT2D eigenvalue weighted by Crippen LogP contribution is -2.77. The van der Waals surface area contributed by atoms with Crippen LogP contribution in [-0.2, 0) is 23.8 Å². The third kappa shape index (κ3) is 2.85. The standard InChI is InChI=1S/C24H30O8/c1-14-10-17(31-15(2)25)24(29)21(3)13-30-19(26)12-23(14,24)11-18(22(21,4)28)32-20(27)16-8-6-5-7-9-16/h5-9,14,17-18,28-29H,10-13H2,1-4H3/t14?,17?,18?,21-,22?,23-,24+/m1/s1. The molecule has 0 spiro atoms. The molecule has 2 aliphatic carbocycles. The lowest BCUT2D eigenvalue weighted by molar-refractivity contribution is -0.315. The van der Waals surface area contributed by atoms with Crippen LogP contribution in [0.1, 0.15) is 57.3 Å². The van der Waals surface area contributed by atoms with Crippen molar-refractivity contribution in [1.82, 2.24) is 0 Å². The second kappa shape index (κ2) is 7.28. The Kier molecular flexibility index (Phi) is 5.17. The summed E-state index contributed by atoms with van der Waals surface area (Å²) in [6.45, 7) is 5.92. The van der Waals surface area contributed by atoms with E-state index >= 15 is 0 Å². The maximum Gasteiger partial charge on any atom is 0.338 e. The van der Waals surface area contributed by atoms with Gasteiger partial charge < -0.3 is 24.4 Å². The number of carbonyl (C=O) groups excluding carboxylic acids is 3. The van der Waals surface area contributed by atoms with Crippen LogP contribution in [0.4, 0.5) is 0 Å². The first-order valence-electron chi connectivity index (χ1n) is 10.9. The van der Waals surface area contributed by atoms with E-state index < -0.39 is 52.1 Å². The highest BCUT2D eigenvalue weighted by Gasteiger charge is 2.81. The lowest BCUT2D eigenvalue weighted by Gasteiger charge is -2.63. The number of benzene rings is 1. The first kappa shape index (κ1) is 22.7. The van der Waals surface area contributed by atoms with Gasteiger partial charge in [0.15, 0.2) is 0 Å². The number of aliphatic hydroxyl groups is 2. The van der Waals surface area contributed by atoms with E-state index in [1.54, 1.807) is 37.3 Å². The Hall–Kier alpha value is -2.45. The Morgan fingerprint density at radius 3 is 2.38 bits per heavy atom. The summed E-state index contributed by atoms with van der Waals surface area (Å²) in [6, 6.07) is 8.43. The van der Waals surface area contributed by atoms with Gasteiger partial charge in [0, 0.05) is 12.3 Å². The monoisotopic (exact) mass is 446 g/mol. The molecule has 1 heterocycles. The third-order valence-electron chi connectivity index (χ3n) is 8.42. The van der Waals surface area contributed by atoms with Gasteiger partial charge in [-0.15, -0.1) is 0 Å². The van der Waals surface area contributed by atoms with Crippen LogP contribution in [-0.4, -0.2) is 58.1 Å². The van der Waals surface area contributed by atoms with E-state index in [4.69, 9.17) is 14.2 Å². The molecule has 1 aromatic carbocycles. The van der Waals surface area contributed by atoms with Gasteiger partial charge in [-0.3, -0.25) is 9.59 Å². The van der Waals surface area contributed by atoms with Crippen LogP contribution in [0.25, 0.3) is 0 Å². The maximum absolute atomic E-state index is 12.9. The molecule has 8 nitrogen and oxygen atoms in total. The molecule has 7 atom stereocenters. The molecule has 2 bridgehead atoms. The van der Waals surface area contributed by atoms with Gasteiger partial charge in [-0.2, -0.15) is 0 Å². The van der Waals surface area contributed by atoms with E-state index in [-0.39, 0.29) is 25.4 Å². The smallest absolute Gasteiger partial charge is 0.338 e. The SMILES string of the molecule is CC(=O)OC1CC(C)[C@]23CC(=O)OC[C@](C)(C(C)(O)C(OC(=O)c4ccccc4)C2)[C@@]13O. The molecule has 1 aromatic rings. The van der Waals surface area contributed by atoms with Crippen LogP contribution in [0.2, 0.25) is 0 Å². The van der Waals surface area contributed by atoms with Crippen molar-refractivity contribution in [3.63, 3.8) is 0 Å². The van der Waals surface area contributed by atoms with Gasteiger partial charge in [-0.25, -0.2) is 4.79 Å². The molecule has 1 aliphatic heterocycles. The summed E-state index contributed by atoms with van der Waals surface area (Å²) >= 11 is 0. The van der Waals surface area contributed by atoms with Crippen molar-refractivity contribution >= 4 is 17.9 Å². The first-order valence-corrected chi connectivity index (χ1v) is 10.9. The van der Waals surface area contributed by atoms with Crippen molar-refractivity contribution in [1.29, 1.82) is 0 Å². The largest absolute Gasteiger partial charge is 0.465 e. The van der Waals surface area contributed by atoms with Crippen molar-refractivity contribution < 1.29 is 38.8 Å². The predicted octanol–water partition coefficient (Wildman–Crippen LogP) is 2.01. The summed E-state index contributed by atoms with van der Waals surface area (Å²) in [5.41, 5.74) is -5.81. The van der Waals surface area contributed by atoms with Crippen LogP contribution in [0.5, 0.6) is 0 Å². The fraction of sp³-hybridized carbons (Fsp3) is 0.625. The fourth-order valence-corrected chi connectivity index (χ4v) is 6.38. The van der Waals surface area contributed by atoms with E-state index in [2.05, 4.69) is 0 Å². The van der Waals surface area contributed by atoms with Crippen molar-refractivity contribution in [2.45, 2.75) is 70.4 Å². The van der Waals surface area contributed by atoms with Crippen LogP contribution in [0.15, 0.2) is 30.3 Å². The van der Waals surface area contributed by atoms with Gasteiger partial charge in [0.2, 0.25) is 0 Å². The zero-order valence-electron chi connectivity index (χ0n) is 18.8. The van der Waals surface area contributed by atoms with Crippen LogP contribution < -0.4 is 0 Å². The number of ether oxygens (including phenoxy) is 3. The highest BCUT2D eigenvalue weighted by molar-refractivity contribution is 5.89. The molecule has 3 aliphatic rings. The molecular weight excluding hydrogens is 416 g/mol. The van der Waals surface area contributed by atoms with Crippen LogP contribution in [0.3, 0.4) is 0 Å². The number of esters is 3. The number of hydrogen-bond acceptors (Lipinski definition) is 8. The zero-order chi connectivity index (χ0) is 23.5. The summed E-state index contributed by atoms with van der Waals surface area (Å²) in [5, 5.41) is 24.1. The Morgan fingerprint density at radius 1 is 1.09 bits per heavy atom. The highest BCUT2D eigenvalue weighted by atomic mass is 16.6. The number of carbonyl (C=O) groups is 3. The van der Waals surface area contributed by atoms with Crippen molar-refractivity contribution in [2.75, 3.05) is 6.61 Å². The highest BCUT2D eigenvalue weighted by Crippen LogP contribution is 2.70. The molecule has 4 rings (SSSR count). The van der Waals surface area contributed by atoms with Gasteiger partial charge >= 0.3 is 17.9 Å². The molecule has 4 unspecified atom stereocenters. The van der Waals surface area contributed by atoms with Crippen LogP contribution >= 0.6 is 0 Å². The van der Waals surface area contributed by atoms with Gasteiger partial charge in [-0.05, 0) is 37.8 Å². The van der Waals surface area contributed by atoms with Crippen molar-refractivity contribution in [2.24, 2.45) is 16.7 Å². The van der Waals surface area contributed by atoms with Gasteiger partial charge in [0.1, 0.15) is 30.0 Å². The number of rotatable bonds is 3. The molecule has 2 N–H and O–H groups in total. The normalized spacial score (nSPS) is 42.9. The molecule has 0 aromatic heterocycles. The summed E-state index contributed by atoms with van der Waals surface area (Å²) < 4.78 is 16.8. The molecule has 32 heavy (non-hydrogen) atoms. The molecule has 0 radical (unpaired) electrons. The van der Waals surface area contributed by atoms with E-state index in [1.807, 2.05) is 6.92 Å². The summed E-state index contributed by atoms with van der Waals surface area (Å²) in [4.78, 5) is 37.4. The maximum atomic E-state index is 12.9. The van der Waals surface area contributed by atoms with Gasteiger partial charge in [0.25, 0.3) is 0 Å². The molecule has 8 heteroatoms. The average Bonchev–Trinajstić information content (AvgIpc) is 2.88. The minimum atomic E-state index is -1.79. The minimum Gasteiger partial charge on any atom is -0.465 e. The Labute approximate surface area is 186 Å². The van der Waals surface area contributed by atoms with Crippen molar-refractivity contribution in [3.8, 4) is 0 Å². The van der Waals surface area contributed by atoms with Gasteiger partial charge in [-0.1, -0.05) is 32.0 Å². The first-order chi connectivity index (χ1) is 14.9.